The summed E-state index contributed by atoms with van der Waals surface area (Å²) in [5.41, 5.74) is 2.12. The molecule has 0 aliphatic heterocycles. The molecule has 0 saturated carbocycles. The van der Waals surface area contributed by atoms with E-state index >= 15 is 0 Å². The monoisotopic (exact) mass is 627 g/mol. The van der Waals surface area contributed by atoms with Gasteiger partial charge in [-0.3, -0.25) is 9.59 Å². The molecule has 14 nitrogen and oxygen atoms in total. The van der Waals surface area contributed by atoms with Gasteiger partial charge in [0.15, 0.2) is 0 Å². The third-order valence-corrected chi connectivity index (χ3v) is 6.35. The molecule has 1 atom stereocenters. The Hall–Kier alpha value is -4.11. The summed E-state index contributed by atoms with van der Waals surface area (Å²) >= 11 is 0. The summed E-state index contributed by atoms with van der Waals surface area (Å²) in [4.78, 5) is 50.7. The molecule has 0 fully saturated rings. The first-order valence-corrected chi connectivity index (χ1v) is 14.0. The van der Waals surface area contributed by atoms with Gasteiger partial charge in [0.2, 0.25) is 12.7 Å². The standard InChI is InChI=1S/C30H35N7O7.Na/c1-30(2,3)27-22(31-17-32-27)14-24-29(34-23(28(42)33-24)12-19-8-5-4-6-9-19)44-18-43-26(41)11-7-10-20-15-37(36-35-20)16-21(38)13-25(39)40;/h4-6,8-9,12,14-15,17,21,38H,7,10-11,13,16,18H2,1-3H3,(H,31,32)(H,33,42)(H,39,40);/q;+1/p-1/b23-12-,24-14-;. The van der Waals surface area contributed by atoms with Gasteiger partial charge in [0, 0.05) is 36.1 Å². The Bertz CT molecular complexity index is 1760. The van der Waals surface area contributed by atoms with Gasteiger partial charge in [-0.25, -0.2) is 14.6 Å². The van der Waals surface area contributed by atoms with Crippen molar-refractivity contribution in [3.63, 3.8) is 0 Å². The van der Waals surface area contributed by atoms with Crippen LogP contribution in [-0.4, -0.2) is 64.9 Å². The summed E-state index contributed by atoms with van der Waals surface area (Å²) in [5.74, 6) is -1.82. The van der Waals surface area contributed by atoms with Crippen LogP contribution in [0, 0.1) is 0 Å². The first-order chi connectivity index (χ1) is 21.0. The van der Waals surface area contributed by atoms with Gasteiger partial charge in [0.05, 0.1) is 30.4 Å². The zero-order chi connectivity index (χ0) is 31.7. The fourth-order valence-electron chi connectivity index (χ4n) is 4.28. The number of nitrogens with zero attached hydrogens (tertiary/aromatic N) is 5. The van der Waals surface area contributed by atoms with E-state index < -0.39 is 36.8 Å². The van der Waals surface area contributed by atoms with Crippen LogP contribution in [0.25, 0.3) is 12.2 Å². The Morgan fingerprint density at radius 1 is 1.18 bits per heavy atom. The summed E-state index contributed by atoms with van der Waals surface area (Å²) in [6, 6.07) is 9.23. The Kier molecular flexibility index (Phi) is 12.8. The van der Waals surface area contributed by atoms with E-state index in [4.69, 9.17) is 9.47 Å². The van der Waals surface area contributed by atoms with Gasteiger partial charge < -0.3 is 34.4 Å². The molecule has 0 spiro atoms. The van der Waals surface area contributed by atoms with Crippen molar-refractivity contribution in [3.8, 4) is 5.88 Å². The number of aryl methyl sites for hydroxylation is 1. The number of carbonyl (C=O) groups excluding carboxylic acids is 2. The molecule has 3 heterocycles. The van der Waals surface area contributed by atoms with Gasteiger partial charge in [0.1, 0.15) is 10.7 Å². The van der Waals surface area contributed by atoms with Gasteiger partial charge in [-0.1, -0.05) is 56.3 Å². The summed E-state index contributed by atoms with van der Waals surface area (Å²) < 4.78 is 12.3. The number of esters is 1. The van der Waals surface area contributed by atoms with Crippen LogP contribution < -0.4 is 55.7 Å². The molecule has 4 rings (SSSR count). The maximum absolute atomic E-state index is 12.9. The number of imidazole rings is 1. The number of aliphatic hydroxyl groups is 1. The molecular weight excluding hydrogens is 593 g/mol. The number of H-pyrrole nitrogens is 2. The zero-order valence-corrected chi connectivity index (χ0v) is 27.6. The number of benzene rings is 1. The molecule has 3 N–H and O–H groups in total. The SMILES string of the molecule is CC(C)(C)c1[nH]cnc1/C=c1\[nH]c(=O)/c(=C/c2ccccc2)nc1OCOC(=O)CCCc1cn(CC(O)CC(=O)[O-])nn1.[Na+]. The quantitative estimate of drug-likeness (QED) is 0.0753. The van der Waals surface area contributed by atoms with E-state index in [1.54, 1.807) is 24.7 Å². The Balaban J connectivity index is 0.00000552. The van der Waals surface area contributed by atoms with Gasteiger partial charge >= 0.3 is 35.5 Å². The predicted octanol–water partition coefficient (Wildman–Crippen LogP) is -3.55. The number of hydrogen-bond donors (Lipinski definition) is 3. The van der Waals surface area contributed by atoms with Crippen LogP contribution >= 0.6 is 0 Å². The smallest absolute Gasteiger partial charge is 0.550 e. The van der Waals surface area contributed by atoms with E-state index in [9.17, 15) is 24.6 Å². The molecule has 15 heteroatoms. The molecule has 0 amide bonds. The Morgan fingerprint density at radius 2 is 1.93 bits per heavy atom. The molecule has 3 aromatic heterocycles. The number of hydrogen-bond acceptors (Lipinski definition) is 11. The topological polar surface area (TPSA) is 201 Å². The van der Waals surface area contributed by atoms with Crippen LogP contribution in [0.3, 0.4) is 0 Å². The summed E-state index contributed by atoms with van der Waals surface area (Å²) in [5, 5.41) is 28.5. The number of nitrogens with one attached hydrogen (secondary N) is 2. The first kappa shape index (κ1) is 35.4. The van der Waals surface area contributed by atoms with Gasteiger partial charge in [-0.05, 0) is 30.6 Å². The van der Waals surface area contributed by atoms with Crippen molar-refractivity contribution in [1.82, 2.24) is 34.9 Å². The molecule has 0 aliphatic rings. The minimum atomic E-state index is -1.36. The molecule has 4 aromatic rings. The number of aliphatic hydroxyl groups excluding tert-OH is 1. The number of carbonyl (C=O) groups is 2. The molecule has 0 saturated heterocycles. The number of carboxylic acids is 1. The van der Waals surface area contributed by atoms with Crippen LogP contribution in [0.1, 0.15) is 62.7 Å². The third-order valence-electron chi connectivity index (χ3n) is 6.35. The van der Waals surface area contributed by atoms with Crippen LogP contribution in [-0.2, 0) is 32.7 Å². The molecule has 1 unspecified atom stereocenters. The second kappa shape index (κ2) is 16.3. The Morgan fingerprint density at radius 3 is 2.64 bits per heavy atom. The van der Waals surface area contributed by atoms with Crippen LogP contribution in [0.4, 0.5) is 0 Å². The zero-order valence-electron chi connectivity index (χ0n) is 25.6. The normalized spacial score (nSPS) is 12.9. The number of carboxylic acid groups (broad SMARTS) is 1. The second-order valence-corrected chi connectivity index (χ2v) is 11.1. The van der Waals surface area contributed by atoms with E-state index in [0.717, 1.165) is 11.3 Å². The molecular formula is C30H34N7NaO7. The maximum atomic E-state index is 12.9. The van der Waals surface area contributed by atoms with Crippen molar-refractivity contribution in [3.05, 3.63) is 86.6 Å². The van der Waals surface area contributed by atoms with Crippen LogP contribution in [0.15, 0.2) is 47.7 Å². The number of aromatic amines is 2. The first-order valence-electron chi connectivity index (χ1n) is 14.0. The predicted molar refractivity (Wildman–Crippen MR) is 155 cm³/mol. The molecule has 232 valence electrons. The van der Waals surface area contributed by atoms with E-state index in [0.29, 0.717) is 24.2 Å². The third kappa shape index (κ3) is 10.8. The van der Waals surface area contributed by atoms with Crippen molar-refractivity contribution in [1.29, 1.82) is 0 Å². The maximum Gasteiger partial charge on any atom is 1.00 e. The Labute approximate surface area is 280 Å². The number of rotatable bonds is 13. The van der Waals surface area contributed by atoms with Gasteiger partial charge in [-0.15, -0.1) is 5.10 Å². The van der Waals surface area contributed by atoms with Crippen molar-refractivity contribution in [2.75, 3.05) is 6.79 Å². The van der Waals surface area contributed by atoms with Gasteiger partial charge in [-0.2, -0.15) is 0 Å². The number of aromatic nitrogens is 7. The number of ether oxygens (including phenoxy) is 2. The van der Waals surface area contributed by atoms with E-state index in [-0.39, 0.29) is 64.5 Å². The fraction of sp³-hybridized carbons (Fsp3) is 0.367. The second-order valence-electron chi connectivity index (χ2n) is 11.1. The van der Waals surface area contributed by atoms with Crippen molar-refractivity contribution in [2.24, 2.45) is 0 Å². The van der Waals surface area contributed by atoms with Gasteiger partial charge in [0.25, 0.3) is 5.56 Å². The summed E-state index contributed by atoms with van der Waals surface area (Å²) in [6.45, 7) is 5.60. The van der Waals surface area contributed by atoms with Crippen molar-refractivity contribution in [2.45, 2.75) is 64.5 Å². The summed E-state index contributed by atoms with van der Waals surface area (Å²) in [6.07, 6.45) is 5.64. The van der Waals surface area contributed by atoms with E-state index in [1.165, 1.54) is 4.68 Å². The molecule has 1 aromatic carbocycles. The minimum Gasteiger partial charge on any atom is -0.550 e. The van der Waals surface area contributed by atoms with Crippen LogP contribution in [0.2, 0.25) is 0 Å². The van der Waals surface area contributed by atoms with E-state index in [1.807, 2.05) is 51.1 Å². The molecule has 0 radical (unpaired) electrons. The molecule has 0 bridgehead atoms. The van der Waals surface area contributed by atoms with Crippen molar-refractivity contribution >= 4 is 24.1 Å². The average molecular weight is 628 g/mol. The molecule has 0 aliphatic carbocycles. The summed E-state index contributed by atoms with van der Waals surface area (Å²) in [7, 11) is 0. The van der Waals surface area contributed by atoms with Crippen LogP contribution in [0.5, 0.6) is 5.88 Å². The fourth-order valence-corrected chi connectivity index (χ4v) is 4.28. The average Bonchev–Trinajstić information content (AvgIpc) is 3.60. The molecule has 45 heavy (non-hydrogen) atoms. The number of aliphatic carboxylic acids is 1. The van der Waals surface area contributed by atoms with E-state index in [2.05, 4.69) is 30.2 Å². The largest absolute Gasteiger partial charge is 1.00 e. The minimum absolute atomic E-state index is 0. The van der Waals surface area contributed by atoms with Crippen molar-refractivity contribution < 1.29 is 58.8 Å².